The van der Waals surface area contributed by atoms with Gasteiger partial charge < -0.3 is 14.6 Å². The van der Waals surface area contributed by atoms with Gasteiger partial charge in [0.15, 0.2) is 0 Å². The Bertz CT molecular complexity index is 190. The molecule has 4 nitrogen and oxygen atoms in total. The molecule has 0 aliphatic heterocycles. The molecule has 0 rings (SSSR count). The topological polar surface area (TPSA) is 55.8 Å². The van der Waals surface area contributed by atoms with Gasteiger partial charge in [-0.2, -0.15) is 0 Å². The Balaban J connectivity index is 3.71. The van der Waals surface area contributed by atoms with Gasteiger partial charge in [-0.25, -0.2) is 4.79 Å². The summed E-state index contributed by atoms with van der Waals surface area (Å²) in [6.45, 7) is 8.49. The Morgan fingerprint density at radius 3 is 2.38 bits per heavy atom. The highest BCUT2D eigenvalue weighted by Gasteiger charge is 2.17. The summed E-state index contributed by atoms with van der Waals surface area (Å²) in [6.07, 6.45) is -0.748. The Labute approximate surface area is 78.2 Å². The van der Waals surface area contributed by atoms with Crippen LogP contribution in [0.4, 0.5) is 4.79 Å². The van der Waals surface area contributed by atoms with Crippen molar-refractivity contribution in [3.05, 3.63) is 12.2 Å². The van der Waals surface area contributed by atoms with Crippen LogP contribution < -0.4 is 0 Å². The highest BCUT2D eigenvalue weighted by Crippen LogP contribution is 2.08. The fraction of sp³-hybridized carbons (Fsp3) is 0.667. The second-order valence-corrected chi connectivity index (χ2v) is 3.66. The zero-order valence-electron chi connectivity index (χ0n) is 8.29. The molecule has 0 unspecified atom stereocenters. The molecule has 0 saturated heterocycles. The van der Waals surface area contributed by atoms with E-state index in [1.54, 1.807) is 20.8 Å². The smallest absolute Gasteiger partial charge is 0.430 e. The zero-order chi connectivity index (χ0) is 10.5. The van der Waals surface area contributed by atoms with Crippen LogP contribution in [0.25, 0.3) is 0 Å². The van der Waals surface area contributed by atoms with Crippen LogP contribution in [0.2, 0.25) is 0 Å². The van der Waals surface area contributed by atoms with E-state index in [0.29, 0.717) is 5.57 Å². The van der Waals surface area contributed by atoms with E-state index in [1.165, 1.54) is 0 Å². The van der Waals surface area contributed by atoms with Crippen LogP contribution in [0, 0.1) is 0 Å². The van der Waals surface area contributed by atoms with Crippen molar-refractivity contribution in [1.82, 2.24) is 0 Å². The van der Waals surface area contributed by atoms with Crippen LogP contribution in [0.5, 0.6) is 0 Å². The molecule has 0 radical (unpaired) electrons. The van der Waals surface area contributed by atoms with Crippen molar-refractivity contribution in [2.45, 2.75) is 26.4 Å². The van der Waals surface area contributed by atoms with E-state index in [9.17, 15) is 4.79 Å². The summed E-state index contributed by atoms with van der Waals surface area (Å²) in [5.41, 5.74) is -0.122. The predicted octanol–water partition coefficient (Wildman–Crippen LogP) is 1.49. The molecule has 0 aliphatic rings. The lowest BCUT2D eigenvalue weighted by Gasteiger charge is -2.18. The van der Waals surface area contributed by atoms with Crippen LogP contribution in [0.15, 0.2) is 12.2 Å². The number of rotatable bonds is 3. The monoisotopic (exact) mass is 188 g/mol. The summed E-state index contributed by atoms with van der Waals surface area (Å²) in [6, 6.07) is 0. The third-order valence-corrected chi connectivity index (χ3v) is 1.01. The number of aliphatic hydroxyl groups is 1. The van der Waals surface area contributed by atoms with Crippen molar-refractivity contribution < 1.29 is 19.4 Å². The predicted molar refractivity (Wildman–Crippen MR) is 48.4 cm³/mol. The molecule has 0 bridgehead atoms. The van der Waals surface area contributed by atoms with Crippen LogP contribution in [0.3, 0.4) is 0 Å². The minimum absolute atomic E-state index is 0.00852. The highest BCUT2D eigenvalue weighted by atomic mass is 16.7. The van der Waals surface area contributed by atoms with Crippen LogP contribution in [0.1, 0.15) is 20.8 Å². The third kappa shape index (κ3) is 7.33. The normalized spacial score (nSPS) is 10.8. The van der Waals surface area contributed by atoms with E-state index in [-0.39, 0.29) is 13.2 Å². The summed E-state index contributed by atoms with van der Waals surface area (Å²) in [5.74, 6) is 0. The molecule has 0 fully saturated rings. The van der Waals surface area contributed by atoms with E-state index in [1.807, 2.05) is 0 Å². The van der Waals surface area contributed by atoms with Gasteiger partial charge in [0.1, 0.15) is 12.2 Å². The molecule has 4 heteroatoms. The minimum Gasteiger partial charge on any atom is -0.430 e. The molecule has 0 aliphatic carbocycles. The van der Waals surface area contributed by atoms with Crippen LogP contribution in [-0.4, -0.2) is 30.1 Å². The first kappa shape index (κ1) is 12.0. The fourth-order valence-corrected chi connectivity index (χ4v) is 0.486. The van der Waals surface area contributed by atoms with Gasteiger partial charge in [0.05, 0.1) is 6.61 Å². The average molecular weight is 188 g/mol. The molecule has 0 spiro atoms. The quantitative estimate of drug-likeness (QED) is 0.538. The number of hydrogen-bond acceptors (Lipinski definition) is 4. The summed E-state index contributed by atoms with van der Waals surface area (Å²) in [7, 11) is 0. The number of carbonyl (C=O) groups excluding carboxylic acids is 1. The summed E-state index contributed by atoms with van der Waals surface area (Å²) in [4.78, 5) is 10.9. The van der Waals surface area contributed by atoms with E-state index in [2.05, 4.69) is 11.3 Å². The Morgan fingerprint density at radius 1 is 1.46 bits per heavy atom. The van der Waals surface area contributed by atoms with Gasteiger partial charge in [-0.05, 0) is 26.3 Å². The molecule has 0 atom stereocenters. The standard InChI is InChI=1S/C9H16O4/c1-7(5-10)6-12-8(11)13-9(2,3)4/h10H,1,5-6H2,2-4H3. The molecule has 0 heterocycles. The van der Waals surface area contributed by atoms with E-state index in [4.69, 9.17) is 9.84 Å². The zero-order valence-corrected chi connectivity index (χ0v) is 8.29. The average Bonchev–Trinajstić information content (AvgIpc) is 1.97. The molecule has 0 aromatic heterocycles. The van der Waals surface area contributed by atoms with Crippen molar-refractivity contribution in [2.75, 3.05) is 13.2 Å². The lowest BCUT2D eigenvalue weighted by molar-refractivity contribution is -0.00406. The van der Waals surface area contributed by atoms with Gasteiger partial charge in [-0.3, -0.25) is 0 Å². The fourth-order valence-electron chi connectivity index (χ4n) is 0.486. The molecule has 1 N–H and O–H groups in total. The third-order valence-electron chi connectivity index (χ3n) is 1.01. The van der Waals surface area contributed by atoms with Gasteiger partial charge in [-0.15, -0.1) is 0 Å². The molecule has 13 heavy (non-hydrogen) atoms. The summed E-state index contributed by atoms with van der Waals surface area (Å²) in [5, 5.41) is 8.55. The highest BCUT2D eigenvalue weighted by molar-refractivity contribution is 5.60. The number of aliphatic hydroxyl groups excluding tert-OH is 1. The largest absolute Gasteiger partial charge is 0.509 e. The first-order valence-corrected chi connectivity index (χ1v) is 3.98. The molecule has 0 amide bonds. The minimum atomic E-state index is -0.748. The summed E-state index contributed by atoms with van der Waals surface area (Å²) < 4.78 is 9.50. The second-order valence-electron chi connectivity index (χ2n) is 3.66. The van der Waals surface area contributed by atoms with Crippen molar-refractivity contribution in [1.29, 1.82) is 0 Å². The van der Waals surface area contributed by atoms with Crippen LogP contribution >= 0.6 is 0 Å². The van der Waals surface area contributed by atoms with Gasteiger partial charge in [0.2, 0.25) is 0 Å². The van der Waals surface area contributed by atoms with Crippen molar-refractivity contribution in [3.63, 3.8) is 0 Å². The maximum atomic E-state index is 10.9. The van der Waals surface area contributed by atoms with E-state index >= 15 is 0 Å². The van der Waals surface area contributed by atoms with Crippen molar-refractivity contribution in [3.8, 4) is 0 Å². The van der Waals surface area contributed by atoms with Crippen molar-refractivity contribution >= 4 is 6.16 Å². The van der Waals surface area contributed by atoms with Gasteiger partial charge >= 0.3 is 6.16 Å². The first-order chi connectivity index (χ1) is 5.85. The first-order valence-electron chi connectivity index (χ1n) is 3.98. The number of hydrogen-bond donors (Lipinski definition) is 1. The Kier molecular flexibility index (Phi) is 4.48. The van der Waals surface area contributed by atoms with Gasteiger partial charge in [0, 0.05) is 0 Å². The van der Waals surface area contributed by atoms with Crippen LogP contribution in [-0.2, 0) is 9.47 Å². The van der Waals surface area contributed by atoms with Gasteiger partial charge in [-0.1, -0.05) is 6.58 Å². The maximum absolute atomic E-state index is 10.9. The molecule has 0 aromatic rings. The molecule has 76 valence electrons. The molecular formula is C9H16O4. The SMILES string of the molecule is C=C(CO)COC(=O)OC(C)(C)C. The molecule has 0 aromatic carbocycles. The van der Waals surface area contributed by atoms with E-state index in [0.717, 1.165) is 0 Å². The number of ether oxygens (including phenoxy) is 2. The van der Waals surface area contributed by atoms with Gasteiger partial charge in [0.25, 0.3) is 0 Å². The number of carbonyl (C=O) groups is 1. The lowest BCUT2D eigenvalue weighted by atomic mass is 10.2. The Morgan fingerprint density at radius 2 is 2.00 bits per heavy atom. The Hall–Kier alpha value is -1.03. The molecular weight excluding hydrogens is 172 g/mol. The lowest BCUT2D eigenvalue weighted by Crippen LogP contribution is -2.25. The maximum Gasteiger partial charge on any atom is 0.509 e. The van der Waals surface area contributed by atoms with E-state index < -0.39 is 11.8 Å². The molecule has 0 saturated carbocycles. The van der Waals surface area contributed by atoms with Crippen molar-refractivity contribution in [2.24, 2.45) is 0 Å². The summed E-state index contributed by atoms with van der Waals surface area (Å²) >= 11 is 0. The second kappa shape index (κ2) is 4.87.